The van der Waals surface area contributed by atoms with Gasteiger partial charge in [-0.15, -0.1) is 0 Å². The Bertz CT molecular complexity index is 71.1. The van der Waals surface area contributed by atoms with Crippen molar-refractivity contribution in [1.82, 2.24) is 0 Å². The second kappa shape index (κ2) is 11.7. The van der Waals surface area contributed by atoms with Gasteiger partial charge < -0.3 is 15.0 Å². The molecule has 0 saturated carbocycles. The van der Waals surface area contributed by atoms with Gasteiger partial charge in [-0.2, -0.15) is 4.21 Å². The molecule has 0 aliphatic rings. The average Bonchev–Trinajstić information content (AvgIpc) is 1.25. The van der Waals surface area contributed by atoms with E-state index in [9.17, 15) is 0 Å². The molecular formula is CH3KO6S. The van der Waals surface area contributed by atoms with Gasteiger partial charge in [0.2, 0.25) is 6.16 Å². The van der Waals surface area contributed by atoms with Crippen molar-refractivity contribution in [2.75, 3.05) is 0 Å². The van der Waals surface area contributed by atoms with Crippen molar-refractivity contribution >= 4 is 17.5 Å². The summed E-state index contributed by atoms with van der Waals surface area (Å²) >= 11 is -2.61. The minimum Gasteiger partial charge on any atom is -0.565 e. The van der Waals surface area contributed by atoms with Crippen LogP contribution in [0.15, 0.2) is 0 Å². The van der Waals surface area contributed by atoms with Crippen molar-refractivity contribution in [3.05, 3.63) is 0 Å². The fourth-order valence-electron chi connectivity index (χ4n) is 0. The third kappa shape index (κ3) is 458. The summed E-state index contributed by atoms with van der Waals surface area (Å²) in [5.41, 5.74) is 0. The van der Waals surface area contributed by atoms with Crippen molar-refractivity contribution in [1.29, 1.82) is 0 Å². The van der Waals surface area contributed by atoms with Crippen LogP contribution in [0.2, 0.25) is 0 Å². The Balaban J connectivity index is -0.0000000720. The van der Waals surface area contributed by atoms with Crippen LogP contribution in [-0.4, -0.2) is 24.6 Å². The van der Waals surface area contributed by atoms with Crippen molar-refractivity contribution in [2.45, 2.75) is 0 Å². The Hall–Kier alpha value is 0.976. The van der Waals surface area contributed by atoms with Crippen molar-refractivity contribution in [2.24, 2.45) is 0 Å². The van der Waals surface area contributed by atoms with Crippen LogP contribution in [-0.2, 0) is 11.4 Å². The molecule has 0 unspecified atom stereocenters. The van der Waals surface area contributed by atoms with Crippen LogP contribution in [0.4, 0.5) is 4.79 Å². The SMILES string of the molecule is O=C([O-])O.O=S(O)O.[K+]. The van der Waals surface area contributed by atoms with E-state index in [1.807, 2.05) is 0 Å². The predicted molar refractivity (Wildman–Crippen MR) is 21.4 cm³/mol. The zero-order valence-electron chi connectivity index (χ0n) is 4.47. The third-order valence-corrected chi connectivity index (χ3v) is 0. The first-order valence-corrected chi connectivity index (χ1v) is 2.23. The maximum absolute atomic E-state index is 8.67. The van der Waals surface area contributed by atoms with E-state index in [0.29, 0.717) is 0 Å². The molecule has 0 aliphatic carbocycles. The molecule has 50 valence electrons. The van der Waals surface area contributed by atoms with E-state index in [0.717, 1.165) is 0 Å². The standard InChI is InChI=1S/CH2O3.K.H2O3S/c2-1(3)4;;1-4(2)3/h(H2,2,3,4);;(H2,1,2,3)/q;+1;/p-1. The first-order valence-electron chi connectivity index (χ1n) is 1.16. The molecule has 0 rings (SSSR count). The molecule has 0 fully saturated rings. The molecule has 3 N–H and O–H groups in total. The van der Waals surface area contributed by atoms with Crippen molar-refractivity contribution < 1.29 is 79.7 Å². The zero-order chi connectivity index (χ0) is 7.15. The van der Waals surface area contributed by atoms with Gasteiger partial charge in [-0.05, 0) is 0 Å². The zero-order valence-corrected chi connectivity index (χ0v) is 8.41. The fraction of sp³-hybridized carbons (Fsp3) is 0. The van der Waals surface area contributed by atoms with Crippen LogP contribution in [0.25, 0.3) is 0 Å². The molecule has 0 aromatic heterocycles. The molecular weight excluding hydrogens is 179 g/mol. The van der Waals surface area contributed by atoms with E-state index in [4.69, 9.17) is 28.3 Å². The Morgan fingerprint density at radius 2 is 1.44 bits per heavy atom. The van der Waals surface area contributed by atoms with Gasteiger partial charge in [-0.1, -0.05) is 0 Å². The van der Waals surface area contributed by atoms with Gasteiger partial charge in [-0.25, -0.2) is 0 Å². The van der Waals surface area contributed by atoms with Crippen LogP contribution in [0.1, 0.15) is 0 Å². The van der Waals surface area contributed by atoms with E-state index in [1.54, 1.807) is 0 Å². The minimum atomic E-state index is -2.61. The number of hydrogen-bond acceptors (Lipinski definition) is 3. The molecule has 0 amide bonds. The second-order valence-corrected chi connectivity index (χ2v) is 0.958. The first-order chi connectivity index (χ1) is 3.46. The molecule has 0 spiro atoms. The maximum Gasteiger partial charge on any atom is 1.00 e. The summed E-state index contributed by atoms with van der Waals surface area (Å²) in [6.45, 7) is 0. The monoisotopic (exact) mass is 182 g/mol. The van der Waals surface area contributed by atoms with Gasteiger partial charge in [0, 0.05) is 0 Å². The minimum absolute atomic E-state index is 0. The molecule has 6 nitrogen and oxygen atoms in total. The number of carbonyl (C=O) groups is 1. The largest absolute Gasteiger partial charge is 1.00 e. The smallest absolute Gasteiger partial charge is 0.565 e. The van der Waals surface area contributed by atoms with Gasteiger partial charge in [0.05, 0.1) is 0 Å². The van der Waals surface area contributed by atoms with Crippen LogP contribution in [0.5, 0.6) is 0 Å². The third-order valence-electron chi connectivity index (χ3n) is 0. The second-order valence-electron chi connectivity index (χ2n) is 0.497. The molecule has 8 heteroatoms. The van der Waals surface area contributed by atoms with Crippen LogP contribution < -0.4 is 56.5 Å². The topological polar surface area (TPSA) is 118 Å². The van der Waals surface area contributed by atoms with Gasteiger partial charge in [0.25, 0.3) is 11.4 Å². The van der Waals surface area contributed by atoms with Crippen LogP contribution in [0.3, 0.4) is 0 Å². The summed E-state index contributed by atoms with van der Waals surface area (Å²) in [5.74, 6) is 0. The van der Waals surface area contributed by atoms with Crippen molar-refractivity contribution in [3.8, 4) is 0 Å². The number of hydrogen-bond donors (Lipinski definition) is 3. The molecule has 0 atom stereocenters. The number of carboxylic acid groups (broad SMARTS) is 2. The summed E-state index contributed by atoms with van der Waals surface area (Å²) in [4.78, 5) is 8.44. The predicted octanol–water partition coefficient (Wildman–Crippen LogP) is -4.43. The quantitative estimate of drug-likeness (QED) is 0.257. The van der Waals surface area contributed by atoms with Gasteiger partial charge in [-0.3, -0.25) is 9.11 Å². The van der Waals surface area contributed by atoms with E-state index in [2.05, 4.69) is 0 Å². The summed E-state index contributed by atoms with van der Waals surface area (Å²) < 4.78 is 22.8. The Labute approximate surface area is 95.8 Å². The van der Waals surface area contributed by atoms with E-state index >= 15 is 0 Å². The normalized spacial score (nSPS) is 6.56. The Morgan fingerprint density at radius 1 is 1.44 bits per heavy atom. The molecule has 0 bridgehead atoms. The first kappa shape index (κ1) is 16.5. The van der Waals surface area contributed by atoms with Gasteiger partial charge in [0.15, 0.2) is 0 Å². The summed E-state index contributed by atoms with van der Waals surface area (Å²) in [6, 6.07) is 0. The van der Waals surface area contributed by atoms with Gasteiger partial charge in [0.1, 0.15) is 0 Å². The van der Waals surface area contributed by atoms with Crippen LogP contribution in [0, 0.1) is 0 Å². The fourth-order valence-corrected chi connectivity index (χ4v) is 0. The molecule has 0 heterocycles. The summed E-state index contributed by atoms with van der Waals surface area (Å²) in [7, 11) is 0. The molecule has 0 radical (unpaired) electrons. The average molecular weight is 182 g/mol. The Kier molecular flexibility index (Phi) is 21.5. The van der Waals surface area contributed by atoms with Crippen molar-refractivity contribution in [3.63, 3.8) is 0 Å². The molecule has 0 saturated heterocycles. The molecule has 0 aliphatic heterocycles. The maximum atomic E-state index is 8.67. The van der Waals surface area contributed by atoms with Crippen LogP contribution >= 0.6 is 0 Å². The summed E-state index contributed by atoms with van der Waals surface area (Å²) in [5, 5.41) is 15.3. The number of rotatable bonds is 0. The van der Waals surface area contributed by atoms with E-state index in [1.165, 1.54) is 0 Å². The molecule has 0 aromatic carbocycles. The van der Waals surface area contributed by atoms with E-state index < -0.39 is 17.5 Å². The molecule has 0 aromatic rings. The molecule has 9 heavy (non-hydrogen) atoms. The summed E-state index contributed by atoms with van der Waals surface area (Å²) in [6.07, 6.45) is -2.08. The Morgan fingerprint density at radius 3 is 1.44 bits per heavy atom. The van der Waals surface area contributed by atoms with E-state index in [-0.39, 0.29) is 51.4 Å². The van der Waals surface area contributed by atoms with Gasteiger partial charge >= 0.3 is 51.4 Å².